The van der Waals surface area contributed by atoms with E-state index < -0.39 is 11.7 Å². The molecule has 2 aromatic heterocycles. The molecule has 1 fully saturated rings. The van der Waals surface area contributed by atoms with Gasteiger partial charge in [0.1, 0.15) is 5.82 Å². The van der Waals surface area contributed by atoms with E-state index >= 15 is 0 Å². The minimum Gasteiger partial charge on any atom is -0.358 e. The molecule has 3 heterocycles. The fraction of sp³-hybridized carbons (Fsp3) is 0.286. The van der Waals surface area contributed by atoms with Gasteiger partial charge in [0.2, 0.25) is 0 Å². The number of aryl methyl sites for hydroxylation is 1. The number of rotatable bonds is 6. The Balaban J connectivity index is 1.36. The smallest absolute Gasteiger partial charge is 0.298 e. The van der Waals surface area contributed by atoms with Gasteiger partial charge in [-0.05, 0) is 56.7 Å². The molecule has 10 heteroatoms. The number of Topliss-reactive ketones (excluding diaryl/α,β-unsaturated/α-hetero) is 1. The highest BCUT2D eigenvalue weighted by molar-refractivity contribution is 7.13. The van der Waals surface area contributed by atoms with Crippen LogP contribution in [0.25, 0.3) is 10.9 Å². The summed E-state index contributed by atoms with van der Waals surface area (Å²) in [6.07, 6.45) is 1.54. The third kappa shape index (κ3) is 5.09. The average molecular weight is 534 g/mol. The number of nitrogens with one attached hydrogen (secondary N) is 2. The van der Waals surface area contributed by atoms with Crippen molar-refractivity contribution in [3.8, 4) is 0 Å². The van der Waals surface area contributed by atoms with Gasteiger partial charge in [0.25, 0.3) is 17.6 Å². The van der Waals surface area contributed by atoms with Crippen LogP contribution in [-0.4, -0.2) is 62.5 Å². The maximum Gasteiger partial charge on any atom is 0.298 e. The molecule has 2 aromatic carbocycles. The normalized spacial score (nSPS) is 18.1. The van der Waals surface area contributed by atoms with E-state index in [1.165, 1.54) is 23.5 Å². The number of benzene rings is 2. The Labute approximate surface area is 223 Å². The van der Waals surface area contributed by atoms with Crippen LogP contribution in [0.4, 0.5) is 9.52 Å². The van der Waals surface area contributed by atoms with E-state index in [9.17, 15) is 18.8 Å². The molecule has 0 saturated carbocycles. The number of H-pyrrole nitrogens is 1. The Morgan fingerprint density at radius 2 is 1.87 bits per heavy atom. The number of nitrogens with zero attached hydrogens (tertiary/aromatic N) is 3. The Kier molecular flexibility index (Phi) is 7.09. The predicted molar refractivity (Wildman–Crippen MR) is 145 cm³/mol. The summed E-state index contributed by atoms with van der Waals surface area (Å²) in [7, 11) is 0. The van der Waals surface area contributed by atoms with Crippen LogP contribution in [-0.2, 0) is 11.3 Å². The first-order valence-corrected chi connectivity index (χ1v) is 13.3. The van der Waals surface area contributed by atoms with Crippen molar-refractivity contribution in [3.63, 3.8) is 0 Å². The minimum atomic E-state index is -0.779. The zero-order valence-corrected chi connectivity index (χ0v) is 22.1. The van der Waals surface area contributed by atoms with Crippen molar-refractivity contribution in [1.29, 1.82) is 0 Å². The van der Waals surface area contributed by atoms with Gasteiger partial charge in [0.05, 0.1) is 5.56 Å². The SMILES string of the molecule is Cc1[nH]c2ccc(C(=O)C(=O)Nc3nccs3)cc2c1C(=O)N1C[C@H](C)N(Cc2ccc(F)cc2)C[C@H]1C. The summed E-state index contributed by atoms with van der Waals surface area (Å²) >= 11 is 1.22. The molecule has 5 rings (SSSR count). The number of anilines is 1. The van der Waals surface area contributed by atoms with Gasteiger partial charge in [-0.25, -0.2) is 9.37 Å². The fourth-order valence-corrected chi connectivity index (χ4v) is 5.51. The van der Waals surface area contributed by atoms with Crippen molar-refractivity contribution in [2.24, 2.45) is 0 Å². The van der Waals surface area contributed by atoms with Gasteiger partial charge in [-0.2, -0.15) is 0 Å². The van der Waals surface area contributed by atoms with Crippen molar-refractivity contribution in [2.75, 3.05) is 18.4 Å². The Morgan fingerprint density at radius 3 is 2.58 bits per heavy atom. The monoisotopic (exact) mass is 533 g/mol. The van der Waals surface area contributed by atoms with E-state index in [-0.39, 0.29) is 29.4 Å². The predicted octanol–water partition coefficient (Wildman–Crippen LogP) is 4.63. The van der Waals surface area contributed by atoms with Gasteiger partial charge in [-0.3, -0.25) is 24.6 Å². The topological polar surface area (TPSA) is 98.4 Å². The van der Waals surface area contributed by atoms with Crippen molar-refractivity contribution in [2.45, 2.75) is 39.4 Å². The molecular weight excluding hydrogens is 505 g/mol. The molecular formula is C28H28FN5O3S. The Bertz CT molecular complexity index is 1500. The summed E-state index contributed by atoms with van der Waals surface area (Å²) in [5.41, 5.74) is 3.15. The molecule has 1 saturated heterocycles. The lowest BCUT2D eigenvalue weighted by molar-refractivity contribution is -0.112. The third-order valence-corrected chi connectivity index (χ3v) is 7.68. The molecule has 0 spiro atoms. The van der Waals surface area contributed by atoms with E-state index in [0.717, 1.165) is 11.1 Å². The second-order valence-corrected chi connectivity index (χ2v) is 10.6. The van der Waals surface area contributed by atoms with E-state index in [1.807, 2.05) is 18.7 Å². The summed E-state index contributed by atoms with van der Waals surface area (Å²) in [6.45, 7) is 7.81. The number of halogens is 1. The lowest BCUT2D eigenvalue weighted by atomic mass is 10.0. The number of hydrogen-bond acceptors (Lipinski definition) is 6. The van der Waals surface area contributed by atoms with Gasteiger partial charge in [0.15, 0.2) is 5.13 Å². The van der Waals surface area contributed by atoms with Crippen LogP contribution in [0.15, 0.2) is 54.0 Å². The van der Waals surface area contributed by atoms with Crippen molar-refractivity contribution in [3.05, 3.63) is 82.2 Å². The fourth-order valence-electron chi connectivity index (χ4n) is 4.98. The molecule has 8 nitrogen and oxygen atoms in total. The molecule has 0 aliphatic carbocycles. The zero-order chi connectivity index (χ0) is 27.0. The number of hydrogen-bond donors (Lipinski definition) is 2. The van der Waals surface area contributed by atoms with Crippen LogP contribution >= 0.6 is 11.3 Å². The number of piperazine rings is 1. The van der Waals surface area contributed by atoms with Gasteiger partial charge in [-0.1, -0.05) is 12.1 Å². The van der Waals surface area contributed by atoms with E-state index in [2.05, 4.69) is 27.1 Å². The summed E-state index contributed by atoms with van der Waals surface area (Å²) in [5.74, 6) is -1.86. The van der Waals surface area contributed by atoms with Crippen LogP contribution in [0.2, 0.25) is 0 Å². The number of carbonyl (C=O) groups is 3. The molecule has 4 aromatic rings. The molecule has 196 valence electrons. The molecule has 1 aliphatic heterocycles. The summed E-state index contributed by atoms with van der Waals surface area (Å²) in [5, 5.41) is 5.17. The number of aromatic amines is 1. The lowest BCUT2D eigenvalue weighted by Gasteiger charge is -2.44. The second-order valence-electron chi connectivity index (χ2n) is 9.72. The molecule has 0 unspecified atom stereocenters. The van der Waals surface area contributed by atoms with E-state index in [4.69, 9.17) is 0 Å². The largest absolute Gasteiger partial charge is 0.358 e. The standard InChI is InChI=1S/C28H28FN5O3S/c1-16-14-34(17(2)13-33(16)15-19-4-7-21(29)8-5-19)27(37)24-18(3)31-23-9-6-20(12-22(23)24)25(35)26(36)32-28-30-10-11-38-28/h4-12,16-17,31H,13-15H2,1-3H3,(H,30,32,36)/t16-,17+/m0/s1. The van der Waals surface area contributed by atoms with Crippen LogP contribution in [0, 0.1) is 12.7 Å². The summed E-state index contributed by atoms with van der Waals surface area (Å²) in [6, 6.07) is 11.4. The van der Waals surface area contributed by atoms with Crippen molar-refractivity contribution < 1.29 is 18.8 Å². The third-order valence-electron chi connectivity index (χ3n) is 7.00. The van der Waals surface area contributed by atoms with Gasteiger partial charge < -0.3 is 9.88 Å². The second kappa shape index (κ2) is 10.5. The molecule has 1 aliphatic rings. The Morgan fingerprint density at radius 1 is 1.11 bits per heavy atom. The molecule has 2 N–H and O–H groups in total. The molecule has 0 radical (unpaired) electrons. The molecule has 2 amide bonds. The van der Waals surface area contributed by atoms with Crippen LogP contribution in [0.5, 0.6) is 0 Å². The maximum absolute atomic E-state index is 13.9. The first-order valence-electron chi connectivity index (χ1n) is 12.4. The number of carbonyl (C=O) groups excluding carboxylic acids is 3. The Hall–Kier alpha value is -3.89. The number of thiazole rings is 1. The van der Waals surface area contributed by atoms with E-state index in [0.29, 0.717) is 41.4 Å². The highest BCUT2D eigenvalue weighted by Crippen LogP contribution is 2.28. The minimum absolute atomic E-state index is 0.0580. The number of amides is 2. The summed E-state index contributed by atoms with van der Waals surface area (Å²) in [4.78, 5) is 50.5. The molecule has 2 atom stereocenters. The highest BCUT2D eigenvalue weighted by atomic mass is 32.1. The van der Waals surface area contributed by atoms with Crippen LogP contribution < -0.4 is 5.32 Å². The molecule has 38 heavy (non-hydrogen) atoms. The number of ketones is 1. The maximum atomic E-state index is 13.9. The van der Waals surface area contributed by atoms with Crippen molar-refractivity contribution in [1.82, 2.24) is 19.8 Å². The first kappa shape index (κ1) is 25.7. The van der Waals surface area contributed by atoms with Crippen LogP contribution in [0.1, 0.15) is 45.8 Å². The number of aromatic nitrogens is 2. The van der Waals surface area contributed by atoms with Crippen molar-refractivity contribution >= 4 is 45.0 Å². The van der Waals surface area contributed by atoms with E-state index in [1.54, 1.807) is 41.9 Å². The average Bonchev–Trinajstić information content (AvgIpc) is 3.52. The number of fused-ring (bicyclic) bond motifs is 1. The van der Waals surface area contributed by atoms with Gasteiger partial charge >= 0.3 is 0 Å². The van der Waals surface area contributed by atoms with Crippen LogP contribution in [0.3, 0.4) is 0 Å². The van der Waals surface area contributed by atoms with Gasteiger partial charge in [0, 0.05) is 65.5 Å². The highest BCUT2D eigenvalue weighted by Gasteiger charge is 2.34. The first-order chi connectivity index (χ1) is 18.2. The van der Waals surface area contributed by atoms with Gasteiger partial charge in [-0.15, -0.1) is 11.3 Å². The summed E-state index contributed by atoms with van der Waals surface area (Å²) < 4.78 is 13.3. The molecule has 0 bridgehead atoms. The zero-order valence-electron chi connectivity index (χ0n) is 21.3. The lowest BCUT2D eigenvalue weighted by Crippen LogP contribution is -2.57. The quantitative estimate of drug-likeness (QED) is 0.278.